The van der Waals surface area contributed by atoms with Gasteiger partial charge in [-0.05, 0) is 38.3 Å². The van der Waals surface area contributed by atoms with Gasteiger partial charge < -0.3 is 10.1 Å². The fraction of sp³-hybridized carbons (Fsp3) is 0.400. The van der Waals surface area contributed by atoms with E-state index in [9.17, 15) is 22.8 Å². The first-order valence-corrected chi connectivity index (χ1v) is 8.83. The second-order valence-corrected chi connectivity index (χ2v) is 6.57. The maximum atomic E-state index is 13.6. The number of carbonyl (C=O) groups excluding carboxylic acids is 2. The molecule has 0 fully saturated rings. The minimum Gasteiger partial charge on any atom is -0.463 e. The molecule has 144 valence electrons. The first-order valence-electron chi connectivity index (χ1n) is 8.83. The zero-order valence-corrected chi connectivity index (χ0v) is 15.1. The number of ketones is 1. The molecule has 0 amide bonds. The maximum absolute atomic E-state index is 13.6. The Morgan fingerprint density at radius 2 is 1.96 bits per heavy atom. The third-order valence-electron chi connectivity index (χ3n) is 4.85. The minimum atomic E-state index is -4.60. The van der Waals surface area contributed by atoms with E-state index in [2.05, 4.69) is 5.32 Å². The van der Waals surface area contributed by atoms with Crippen LogP contribution in [0.3, 0.4) is 0 Å². The van der Waals surface area contributed by atoms with E-state index >= 15 is 0 Å². The zero-order chi connectivity index (χ0) is 19.8. The Hall–Kier alpha value is -2.57. The molecule has 2 aliphatic rings. The van der Waals surface area contributed by atoms with Crippen LogP contribution in [-0.4, -0.2) is 18.4 Å². The second kappa shape index (κ2) is 7.21. The van der Waals surface area contributed by atoms with Gasteiger partial charge in [0.1, 0.15) is 0 Å². The molecule has 0 spiro atoms. The number of esters is 1. The molecular formula is C20H20F3NO3. The van der Waals surface area contributed by atoms with Crippen LogP contribution in [0.15, 0.2) is 46.8 Å². The molecule has 7 heteroatoms. The van der Waals surface area contributed by atoms with Crippen molar-refractivity contribution in [2.75, 3.05) is 6.61 Å². The number of nitrogens with one attached hydrogen (secondary N) is 1. The van der Waals surface area contributed by atoms with Gasteiger partial charge in [0.15, 0.2) is 5.78 Å². The monoisotopic (exact) mass is 379 g/mol. The van der Waals surface area contributed by atoms with Crippen molar-refractivity contribution >= 4 is 11.8 Å². The van der Waals surface area contributed by atoms with Crippen molar-refractivity contribution in [2.24, 2.45) is 0 Å². The summed E-state index contributed by atoms with van der Waals surface area (Å²) in [4.78, 5) is 25.3. The average molecular weight is 379 g/mol. The van der Waals surface area contributed by atoms with Crippen LogP contribution in [-0.2, 0) is 20.5 Å². The van der Waals surface area contributed by atoms with Crippen LogP contribution in [0.4, 0.5) is 13.2 Å². The van der Waals surface area contributed by atoms with E-state index in [-0.39, 0.29) is 35.5 Å². The molecule has 0 saturated heterocycles. The molecule has 1 unspecified atom stereocenters. The van der Waals surface area contributed by atoms with Crippen molar-refractivity contribution < 1.29 is 27.5 Å². The van der Waals surface area contributed by atoms with E-state index in [1.807, 2.05) is 0 Å². The van der Waals surface area contributed by atoms with E-state index < -0.39 is 23.6 Å². The predicted octanol–water partition coefficient (Wildman–Crippen LogP) is 4.24. The Morgan fingerprint density at radius 1 is 1.26 bits per heavy atom. The Bertz CT molecular complexity index is 852. The summed E-state index contributed by atoms with van der Waals surface area (Å²) in [5.74, 6) is -2.04. The van der Waals surface area contributed by atoms with Crippen LogP contribution in [0.2, 0.25) is 0 Å². The topological polar surface area (TPSA) is 55.4 Å². The zero-order valence-electron chi connectivity index (χ0n) is 15.1. The maximum Gasteiger partial charge on any atom is 0.416 e. The van der Waals surface area contributed by atoms with Gasteiger partial charge in [-0.15, -0.1) is 0 Å². The third kappa shape index (κ3) is 3.50. The lowest BCUT2D eigenvalue weighted by atomic mass is 9.74. The van der Waals surface area contributed by atoms with Crippen molar-refractivity contribution in [3.05, 3.63) is 57.9 Å². The van der Waals surface area contributed by atoms with E-state index in [1.54, 1.807) is 13.8 Å². The van der Waals surface area contributed by atoms with Gasteiger partial charge in [0.25, 0.3) is 0 Å². The lowest BCUT2D eigenvalue weighted by molar-refractivity contribution is -0.140. The summed E-state index contributed by atoms with van der Waals surface area (Å²) >= 11 is 0. The molecule has 0 bridgehead atoms. The summed E-state index contributed by atoms with van der Waals surface area (Å²) in [6.45, 7) is 3.33. The van der Waals surface area contributed by atoms with Crippen molar-refractivity contribution in [1.82, 2.24) is 5.32 Å². The summed E-state index contributed by atoms with van der Waals surface area (Å²) in [6.07, 6.45) is -3.17. The minimum absolute atomic E-state index is 0.0579. The number of carbonyl (C=O) groups is 2. The fourth-order valence-corrected chi connectivity index (χ4v) is 3.78. The number of benzene rings is 1. The summed E-state index contributed by atoms with van der Waals surface area (Å²) in [5.41, 5.74) is 0.366. The Morgan fingerprint density at radius 3 is 2.63 bits per heavy atom. The van der Waals surface area contributed by atoms with Gasteiger partial charge in [-0.3, -0.25) is 4.79 Å². The second-order valence-electron chi connectivity index (χ2n) is 6.57. The molecule has 1 atom stereocenters. The molecule has 4 nitrogen and oxygen atoms in total. The summed E-state index contributed by atoms with van der Waals surface area (Å²) in [7, 11) is 0. The normalized spacial score (nSPS) is 20.3. The lowest BCUT2D eigenvalue weighted by Gasteiger charge is -2.35. The van der Waals surface area contributed by atoms with Crippen molar-refractivity contribution in [2.45, 2.75) is 45.2 Å². The van der Waals surface area contributed by atoms with Crippen LogP contribution < -0.4 is 5.32 Å². The van der Waals surface area contributed by atoms with Crippen molar-refractivity contribution in [3.8, 4) is 0 Å². The van der Waals surface area contributed by atoms with E-state index in [4.69, 9.17) is 4.74 Å². The molecule has 1 aliphatic heterocycles. The molecular weight excluding hydrogens is 359 g/mol. The average Bonchev–Trinajstić information content (AvgIpc) is 2.60. The number of ether oxygens (including phenoxy) is 1. The first-order chi connectivity index (χ1) is 12.8. The molecule has 3 rings (SSSR count). The standard InChI is InChI=1S/C20H20F3NO3/c1-3-27-19(26)16-11(2)24-14-9-6-10-15(25)18(14)17(16)12-7-4-5-8-13(12)20(21,22)23/h4-5,7-8,17,24H,3,6,9-10H2,1-2H3. The highest BCUT2D eigenvalue weighted by Gasteiger charge is 2.43. The molecule has 1 N–H and O–H groups in total. The van der Waals surface area contributed by atoms with E-state index in [0.717, 1.165) is 6.07 Å². The number of halogens is 3. The summed E-state index contributed by atoms with van der Waals surface area (Å²) in [5, 5.41) is 3.05. The van der Waals surface area contributed by atoms with Gasteiger partial charge in [0.05, 0.1) is 17.7 Å². The molecule has 0 aromatic heterocycles. The molecule has 0 saturated carbocycles. The highest BCUT2D eigenvalue weighted by Crippen LogP contribution is 2.46. The highest BCUT2D eigenvalue weighted by atomic mass is 19.4. The van der Waals surface area contributed by atoms with E-state index in [1.165, 1.54) is 18.2 Å². The number of hydrogen-bond donors (Lipinski definition) is 1. The molecule has 0 radical (unpaired) electrons. The number of allylic oxidation sites excluding steroid dienone is 3. The van der Waals surface area contributed by atoms with Crippen LogP contribution >= 0.6 is 0 Å². The number of dihydropyridines is 1. The number of hydrogen-bond acceptors (Lipinski definition) is 4. The van der Waals surface area contributed by atoms with Gasteiger partial charge in [-0.2, -0.15) is 13.2 Å². The smallest absolute Gasteiger partial charge is 0.416 e. The lowest BCUT2D eigenvalue weighted by Crippen LogP contribution is -2.35. The van der Waals surface area contributed by atoms with Crippen LogP contribution in [0.1, 0.15) is 50.2 Å². The quantitative estimate of drug-likeness (QED) is 0.799. The molecule has 1 aliphatic carbocycles. The molecule has 1 aromatic rings. The first kappa shape index (κ1) is 19.2. The third-order valence-corrected chi connectivity index (χ3v) is 4.85. The Labute approximate surface area is 155 Å². The summed E-state index contributed by atoms with van der Waals surface area (Å²) in [6, 6.07) is 5.09. The van der Waals surface area contributed by atoms with Crippen LogP contribution in [0.25, 0.3) is 0 Å². The SMILES string of the molecule is CCOC(=O)C1=C(C)NC2=C(C(=O)CCC2)C1c1ccccc1C(F)(F)F. The Kier molecular flexibility index (Phi) is 5.13. The van der Waals surface area contributed by atoms with Gasteiger partial charge in [0.2, 0.25) is 0 Å². The van der Waals surface area contributed by atoms with Gasteiger partial charge >= 0.3 is 12.1 Å². The van der Waals surface area contributed by atoms with Crippen molar-refractivity contribution in [1.29, 1.82) is 0 Å². The molecule has 1 aromatic carbocycles. The van der Waals surface area contributed by atoms with Gasteiger partial charge in [-0.25, -0.2) is 4.79 Å². The molecule has 1 heterocycles. The number of rotatable bonds is 3. The van der Waals surface area contributed by atoms with E-state index in [0.29, 0.717) is 24.2 Å². The Balaban J connectivity index is 2.26. The predicted molar refractivity (Wildman–Crippen MR) is 92.5 cm³/mol. The number of alkyl halides is 3. The molecule has 27 heavy (non-hydrogen) atoms. The van der Waals surface area contributed by atoms with Gasteiger partial charge in [0, 0.05) is 29.3 Å². The van der Waals surface area contributed by atoms with Crippen LogP contribution in [0.5, 0.6) is 0 Å². The largest absolute Gasteiger partial charge is 0.463 e. The number of Topliss-reactive ketones (excluding diaryl/α,β-unsaturated/α-hetero) is 1. The van der Waals surface area contributed by atoms with Gasteiger partial charge in [-0.1, -0.05) is 18.2 Å². The van der Waals surface area contributed by atoms with Crippen molar-refractivity contribution in [3.63, 3.8) is 0 Å². The van der Waals surface area contributed by atoms with Crippen LogP contribution in [0, 0.1) is 0 Å². The fourth-order valence-electron chi connectivity index (χ4n) is 3.78. The summed E-state index contributed by atoms with van der Waals surface area (Å²) < 4.78 is 46.0. The highest BCUT2D eigenvalue weighted by molar-refractivity contribution is 6.03.